The fourth-order valence-electron chi connectivity index (χ4n) is 3.15. The van der Waals surface area contributed by atoms with E-state index in [1.165, 1.54) is 42.1 Å². The van der Waals surface area contributed by atoms with Gasteiger partial charge in [0.05, 0.1) is 30.1 Å². The first kappa shape index (κ1) is 20.3. The monoisotopic (exact) mass is 441 g/mol. The number of ether oxygens (including phenoxy) is 1. The predicted octanol–water partition coefficient (Wildman–Crippen LogP) is 2.92. The number of hydrogen-bond donors (Lipinski definition) is 0. The maximum atomic E-state index is 13.9. The summed E-state index contributed by atoms with van der Waals surface area (Å²) in [7, 11) is 1.30. The lowest BCUT2D eigenvalue weighted by Crippen LogP contribution is -2.39. The van der Waals surface area contributed by atoms with Crippen molar-refractivity contribution in [1.82, 2.24) is 19.3 Å². The van der Waals surface area contributed by atoms with E-state index >= 15 is 0 Å². The Kier molecular flexibility index (Phi) is 5.27. The molecule has 0 saturated carbocycles. The highest BCUT2D eigenvalue weighted by Crippen LogP contribution is 2.35. The molecule has 9 nitrogen and oxygen atoms in total. The highest BCUT2D eigenvalue weighted by molar-refractivity contribution is 6.33. The third-order valence-electron chi connectivity index (χ3n) is 4.56. The Labute approximate surface area is 178 Å². The van der Waals surface area contributed by atoms with Gasteiger partial charge in [0.2, 0.25) is 5.58 Å². The molecule has 0 aliphatic carbocycles. The fourth-order valence-corrected chi connectivity index (χ4v) is 3.39. The van der Waals surface area contributed by atoms with E-state index in [-0.39, 0.29) is 52.0 Å². The Bertz CT molecular complexity index is 1450. The average molecular weight is 442 g/mol. The molecular formula is C20H13ClFN5O4. The van der Waals surface area contributed by atoms with Crippen molar-refractivity contribution in [1.29, 1.82) is 5.26 Å². The maximum absolute atomic E-state index is 13.9. The van der Waals surface area contributed by atoms with Gasteiger partial charge in [-0.1, -0.05) is 11.6 Å². The van der Waals surface area contributed by atoms with Gasteiger partial charge in [0, 0.05) is 24.4 Å². The number of aryl methyl sites for hydroxylation is 1. The first-order valence-electron chi connectivity index (χ1n) is 8.94. The summed E-state index contributed by atoms with van der Waals surface area (Å²) in [4.78, 5) is 26.2. The van der Waals surface area contributed by atoms with Gasteiger partial charge in [-0.3, -0.25) is 9.36 Å². The van der Waals surface area contributed by atoms with Crippen LogP contribution in [-0.2, 0) is 6.54 Å². The molecule has 11 heteroatoms. The first-order valence-corrected chi connectivity index (χ1v) is 9.32. The Hall–Kier alpha value is -3.97. The first-order chi connectivity index (χ1) is 15.0. The van der Waals surface area contributed by atoms with E-state index in [4.69, 9.17) is 26.0 Å². The summed E-state index contributed by atoms with van der Waals surface area (Å²) in [5.74, 6) is -0.607. The van der Waals surface area contributed by atoms with Crippen LogP contribution < -0.4 is 16.0 Å². The van der Waals surface area contributed by atoms with Gasteiger partial charge >= 0.3 is 11.2 Å². The number of aromatic nitrogens is 4. The third kappa shape index (κ3) is 3.45. The van der Waals surface area contributed by atoms with Crippen molar-refractivity contribution in [2.24, 2.45) is 0 Å². The second-order valence-electron chi connectivity index (χ2n) is 6.36. The largest absolute Gasteiger partial charge is 0.494 e. The van der Waals surface area contributed by atoms with Crippen LogP contribution in [0.5, 0.6) is 5.75 Å². The molecule has 0 spiro atoms. The van der Waals surface area contributed by atoms with Crippen LogP contribution in [-0.4, -0.2) is 26.4 Å². The molecule has 4 rings (SSSR count). The highest BCUT2D eigenvalue weighted by Gasteiger charge is 2.22. The van der Waals surface area contributed by atoms with E-state index in [1.54, 1.807) is 0 Å². The number of furan rings is 1. The van der Waals surface area contributed by atoms with Crippen LogP contribution in [0.4, 0.5) is 4.39 Å². The van der Waals surface area contributed by atoms with Gasteiger partial charge in [-0.25, -0.2) is 13.8 Å². The number of methoxy groups -OCH3 is 1. The lowest BCUT2D eigenvalue weighted by atomic mass is 10.1. The van der Waals surface area contributed by atoms with Crippen molar-refractivity contribution in [2.75, 3.05) is 7.11 Å². The minimum Gasteiger partial charge on any atom is -0.494 e. The second-order valence-corrected chi connectivity index (χ2v) is 6.76. The van der Waals surface area contributed by atoms with Crippen LogP contribution in [0.2, 0.25) is 5.02 Å². The van der Waals surface area contributed by atoms with Crippen LogP contribution in [0.1, 0.15) is 6.42 Å². The molecule has 0 amide bonds. The van der Waals surface area contributed by atoms with E-state index in [1.807, 2.05) is 6.07 Å². The Morgan fingerprint density at radius 3 is 2.81 bits per heavy atom. The normalized spacial score (nSPS) is 10.9. The summed E-state index contributed by atoms with van der Waals surface area (Å²) in [5.41, 5.74) is -1.19. The van der Waals surface area contributed by atoms with Gasteiger partial charge in [0.1, 0.15) is 5.76 Å². The molecule has 0 saturated heterocycles. The van der Waals surface area contributed by atoms with Crippen LogP contribution >= 0.6 is 11.6 Å². The van der Waals surface area contributed by atoms with Crippen LogP contribution in [0.25, 0.3) is 28.2 Å². The SMILES string of the molecule is COc1cc(-c2cc3c(o2)c(=O)n(-c2cccnn2)c(=O)n3CCC#N)c(Cl)cc1F. The molecule has 0 N–H and O–H groups in total. The summed E-state index contributed by atoms with van der Waals surface area (Å²) >= 11 is 6.17. The number of halogens is 2. The molecule has 0 aliphatic rings. The van der Waals surface area contributed by atoms with E-state index in [0.717, 1.165) is 10.6 Å². The van der Waals surface area contributed by atoms with Gasteiger partial charge < -0.3 is 9.15 Å². The zero-order chi connectivity index (χ0) is 22.1. The summed E-state index contributed by atoms with van der Waals surface area (Å²) in [5, 5.41) is 16.5. The summed E-state index contributed by atoms with van der Waals surface area (Å²) in [6.07, 6.45) is 1.41. The van der Waals surface area contributed by atoms with Crippen LogP contribution in [0.15, 0.2) is 50.5 Å². The Morgan fingerprint density at radius 2 is 2.13 bits per heavy atom. The predicted molar refractivity (Wildman–Crippen MR) is 109 cm³/mol. The smallest absolute Gasteiger partial charge is 0.337 e. The van der Waals surface area contributed by atoms with E-state index in [0.29, 0.717) is 0 Å². The van der Waals surface area contributed by atoms with Crippen molar-refractivity contribution in [3.8, 4) is 29.0 Å². The van der Waals surface area contributed by atoms with Crippen molar-refractivity contribution in [2.45, 2.75) is 13.0 Å². The second kappa shape index (κ2) is 8.04. The maximum Gasteiger partial charge on any atom is 0.337 e. The number of nitriles is 1. The molecular weight excluding hydrogens is 429 g/mol. The van der Waals surface area contributed by atoms with Gasteiger partial charge in [-0.05, 0) is 24.3 Å². The van der Waals surface area contributed by atoms with E-state index in [2.05, 4.69) is 10.2 Å². The van der Waals surface area contributed by atoms with Crippen molar-refractivity contribution in [3.05, 3.63) is 68.2 Å². The molecule has 156 valence electrons. The summed E-state index contributed by atoms with van der Waals surface area (Å²) in [6, 6.07) is 8.76. The van der Waals surface area contributed by atoms with Crippen molar-refractivity contribution in [3.63, 3.8) is 0 Å². The Balaban J connectivity index is 2.04. The lowest BCUT2D eigenvalue weighted by molar-refractivity contribution is 0.386. The molecule has 0 atom stereocenters. The average Bonchev–Trinajstić information content (AvgIpc) is 3.20. The quantitative estimate of drug-likeness (QED) is 0.467. The molecule has 3 aromatic heterocycles. The van der Waals surface area contributed by atoms with E-state index in [9.17, 15) is 14.0 Å². The third-order valence-corrected chi connectivity index (χ3v) is 4.88. The van der Waals surface area contributed by atoms with Gasteiger partial charge in [-0.15, -0.1) is 5.10 Å². The molecule has 1 aromatic carbocycles. The number of rotatable bonds is 5. The molecule has 0 unspecified atom stereocenters. The van der Waals surface area contributed by atoms with Gasteiger partial charge in [0.25, 0.3) is 0 Å². The zero-order valence-corrected chi connectivity index (χ0v) is 16.8. The lowest BCUT2D eigenvalue weighted by Gasteiger charge is -2.08. The minimum absolute atomic E-state index is 0.00421. The molecule has 0 bridgehead atoms. The van der Waals surface area contributed by atoms with Crippen molar-refractivity contribution < 1.29 is 13.5 Å². The number of hydrogen-bond acceptors (Lipinski definition) is 7. The van der Waals surface area contributed by atoms with Gasteiger partial charge in [-0.2, -0.15) is 10.4 Å². The molecule has 4 aromatic rings. The van der Waals surface area contributed by atoms with E-state index < -0.39 is 17.1 Å². The fraction of sp³-hybridized carbons (Fsp3) is 0.150. The minimum atomic E-state index is -0.759. The molecule has 0 aliphatic heterocycles. The summed E-state index contributed by atoms with van der Waals surface area (Å²) in [6.45, 7) is 0.00577. The molecule has 3 heterocycles. The highest BCUT2D eigenvalue weighted by atomic mass is 35.5. The van der Waals surface area contributed by atoms with Crippen LogP contribution in [0, 0.1) is 17.1 Å². The van der Waals surface area contributed by atoms with Gasteiger partial charge in [0.15, 0.2) is 17.4 Å². The number of nitrogens with zero attached hydrogens (tertiary/aromatic N) is 5. The Morgan fingerprint density at radius 1 is 1.32 bits per heavy atom. The molecule has 0 radical (unpaired) electrons. The topological polar surface area (TPSA) is 116 Å². The summed E-state index contributed by atoms with van der Waals surface area (Å²) < 4.78 is 26.7. The number of fused-ring (bicyclic) bond motifs is 1. The van der Waals surface area contributed by atoms with Crippen LogP contribution in [0.3, 0.4) is 0 Å². The standard InChI is InChI=1S/C20H13ClFN5O4/c1-30-16-8-11(12(21)9-13(16)22)15-10-14-18(31-15)19(28)27(17-4-2-6-24-25-17)20(29)26(14)7-3-5-23/h2,4,6,8-10H,3,7H2,1H3. The van der Waals surface area contributed by atoms with Crippen molar-refractivity contribution >= 4 is 22.7 Å². The zero-order valence-electron chi connectivity index (χ0n) is 16.0. The molecule has 0 fully saturated rings. The molecule has 31 heavy (non-hydrogen) atoms. The number of benzene rings is 1.